The molecule has 0 radical (unpaired) electrons. The molecule has 6 heteroatoms. The SMILES string of the molecule is Cc1c(Br)ccc2c(Cl)nc(C(F)F)nc12. The molecule has 84 valence electrons. The van der Waals surface area contributed by atoms with Crippen LogP contribution >= 0.6 is 27.5 Å². The number of alkyl halides is 2. The highest BCUT2D eigenvalue weighted by atomic mass is 79.9. The molecule has 0 amide bonds. The fourth-order valence-electron chi connectivity index (χ4n) is 1.38. The molecule has 1 heterocycles. The summed E-state index contributed by atoms with van der Waals surface area (Å²) in [6.45, 7) is 1.78. The van der Waals surface area contributed by atoms with Gasteiger partial charge in [0.1, 0.15) is 5.15 Å². The summed E-state index contributed by atoms with van der Waals surface area (Å²) in [6, 6.07) is 3.49. The smallest absolute Gasteiger partial charge is 0.227 e. The summed E-state index contributed by atoms with van der Waals surface area (Å²) >= 11 is 9.14. The van der Waals surface area contributed by atoms with E-state index in [0.29, 0.717) is 10.9 Å². The molecule has 2 aromatic rings. The van der Waals surface area contributed by atoms with Crippen LogP contribution < -0.4 is 0 Å². The van der Waals surface area contributed by atoms with Gasteiger partial charge in [-0.05, 0) is 24.6 Å². The third-order valence-electron chi connectivity index (χ3n) is 2.22. The summed E-state index contributed by atoms with van der Waals surface area (Å²) in [5.41, 5.74) is 1.22. The summed E-state index contributed by atoms with van der Waals surface area (Å²) in [5.74, 6) is -0.543. The molecule has 2 rings (SSSR count). The Morgan fingerprint density at radius 3 is 2.62 bits per heavy atom. The summed E-state index contributed by atoms with van der Waals surface area (Å²) < 4.78 is 25.8. The minimum absolute atomic E-state index is 0.0518. The topological polar surface area (TPSA) is 25.8 Å². The Morgan fingerprint density at radius 1 is 1.31 bits per heavy atom. The average Bonchev–Trinajstić information content (AvgIpc) is 2.23. The molecular weight excluding hydrogens is 301 g/mol. The zero-order chi connectivity index (χ0) is 11.9. The first-order valence-electron chi connectivity index (χ1n) is 4.41. The molecular formula is C10H6BrClF2N2. The van der Waals surface area contributed by atoms with Crippen molar-refractivity contribution in [3.8, 4) is 0 Å². The van der Waals surface area contributed by atoms with Crippen molar-refractivity contribution in [1.82, 2.24) is 9.97 Å². The van der Waals surface area contributed by atoms with Crippen molar-refractivity contribution < 1.29 is 8.78 Å². The largest absolute Gasteiger partial charge is 0.297 e. The number of hydrogen-bond donors (Lipinski definition) is 0. The van der Waals surface area contributed by atoms with Crippen LogP contribution in [0.4, 0.5) is 8.78 Å². The second-order valence-electron chi connectivity index (χ2n) is 3.24. The Balaban J connectivity index is 2.83. The van der Waals surface area contributed by atoms with Crippen LogP contribution in [0, 0.1) is 6.92 Å². The Kier molecular flexibility index (Phi) is 3.08. The second kappa shape index (κ2) is 4.22. The van der Waals surface area contributed by atoms with Crippen molar-refractivity contribution in [2.24, 2.45) is 0 Å². The van der Waals surface area contributed by atoms with Gasteiger partial charge in [-0.15, -0.1) is 0 Å². The van der Waals surface area contributed by atoms with Crippen LogP contribution in [-0.2, 0) is 0 Å². The molecule has 16 heavy (non-hydrogen) atoms. The Labute approximate surface area is 104 Å². The second-order valence-corrected chi connectivity index (χ2v) is 4.45. The predicted octanol–water partition coefficient (Wildman–Crippen LogP) is 4.29. The normalized spacial score (nSPS) is 11.4. The van der Waals surface area contributed by atoms with Gasteiger partial charge in [-0.1, -0.05) is 27.5 Å². The number of rotatable bonds is 1. The molecule has 1 aromatic carbocycles. The summed E-state index contributed by atoms with van der Waals surface area (Å²) in [7, 11) is 0. The molecule has 0 atom stereocenters. The molecule has 0 aliphatic carbocycles. The van der Waals surface area contributed by atoms with Crippen LogP contribution in [0.3, 0.4) is 0 Å². The molecule has 0 unspecified atom stereocenters. The molecule has 0 N–H and O–H groups in total. The van der Waals surface area contributed by atoms with E-state index in [1.165, 1.54) is 0 Å². The van der Waals surface area contributed by atoms with Crippen LogP contribution in [0.25, 0.3) is 10.9 Å². The Hall–Kier alpha value is -0.810. The molecule has 0 saturated carbocycles. The summed E-state index contributed by atoms with van der Waals surface area (Å²) in [5, 5.41) is 0.627. The standard InChI is InChI=1S/C10H6BrClF2N2/c1-4-6(11)3-2-5-7(4)15-10(9(13)14)16-8(5)12/h2-3,9H,1H3. The highest BCUT2D eigenvalue weighted by molar-refractivity contribution is 9.10. The minimum Gasteiger partial charge on any atom is -0.227 e. The summed E-state index contributed by atoms with van der Waals surface area (Å²) in [6.07, 6.45) is -2.72. The fraction of sp³-hybridized carbons (Fsp3) is 0.200. The van der Waals surface area contributed by atoms with Gasteiger partial charge in [0, 0.05) is 9.86 Å². The van der Waals surface area contributed by atoms with E-state index in [-0.39, 0.29) is 5.15 Å². The maximum absolute atomic E-state index is 12.5. The molecule has 0 bridgehead atoms. The maximum Gasteiger partial charge on any atom is 0.297 e. The van der Waals surface area contributed by atoms with Gasteiger partial charge in [0.15, 0.2) is 5.82 Å². The third kappa shape index (κ3) is 1.89. The van der Waals surface area contributed by atoms with E-state index in [1.54, 1.807) is 19.1 Å². The van der Waals surface area contributed by atoms with E-state index in [1.807, 2.05) is 0 Å². The van der Waals surface area contributed by atoms with Crippen molar-refractivity contribution in [3.05, 3.63) is 33.1 Å². The van der Waals surface area contributed by atoms with Crippen molar-refractivity contribution in [3.63, 3.8) is 0 Å². The van der Waals surface area contributed by atoms with Gasteiger partial charge < -0.3 is 0 Å². The van der Waals surface area contributed by atoms with E-state index >= 15 is 0 Å². The van der Waals surface area contributed by atoms with Crippen molar-refractivity contribution >= 4 is 38.4 Å². The highest BCUT2D eigenvalue weighted by Gasteiger charge is 2.15. The number of aryl methyl sites for hydroxylation is 1. The van der Waals surface area contributed by atoms with Gasteiger partial charge in [-0.2, -0.15) is 0 Å². The quantitative estimate of drug-likeness (QED) is 0.734. The lowest BCUT2D eigenvalue weighted by molar-refractivity contribution is 0.141. The van der Waals surface area contributed by atoms with E-state index in [2.05, 4.69) is 25.9 Å². The van der Waals surface area contributed by atoms with Gasteiger partial charge in [-0.25, -0.2) is 18.7 Å². The van der Waals surface area contributed by atoms with Gasteiger partial charge in [0.2, 0.25) is 0 Å². The predicted molar refractivity (Wildman–Crippen MR) is 61.9 cm³/mol. The van der Waals surface area contributed by atoms with Gasteiger partial charge in [-0.3, -0.25) is 0 Å². The van der Waals surface area contributed by atoms with Crippen LogP contribution in [0.5, 0.6) is 0 Å². The number of fused-ring (bicyclic) bond motifs is 1. The van der Waals surface area contributed by atoms with Gasteiger partial charge in [0.25, 0.3) is 6.43 Å². The average molecular weight is 308 g/mol. The maximum atomic E-state index is 12.5. The molecule has 0 aliphatic rings. The Morgan fingerprint density at radius 2 is 2.00 bits per heavy atom. The van der Waals surface area contributed by atoms with E-state index in [0.717, 1.165) is 10.0 Å². The first-order valence-corrected chi connectivity index (χ1v) is 5.58. The molecule has 0 aliphatic heterocycles. The van der Waals surface area contributed by atoms with Crippen molar-refractivity contribution in [1.29, 1.82) is 0 Å². The lowest BCUT2D eigenvalue weighted by Crippen LogP contribution is -1.98. The first kappa shape index (κ1) is 11.7. The zero-order valence-corrected chi connectivity index (χ0v) is 10.5. The molecule has 0 fully saturated rings. The number of hydrogen-bond acceptors (Lipinski definition) is 2. The highest BCUT2D eigenvalue weighted by Crippen LogP contribution is 2.29. The Bertz CT molecular complexity index is 560. The minimum atomic E-state index is -2.72. The number of nitrogens with zero attached hydrogens (tertiary/aromatic N) is 2. The van der Waals surface area contributed by atoms with E-state index in [4.69, 9.17) is 11.6 Å². The summed E-state index contributed by atoms with van der Waals surface area (Å²) in [4.78, 5) is 7.38. The lowest BCUT2D eigenvalue weighted by atomic mass is 10.1. The zero-order valence-electron chi connectivity index (χ0n) is 8.14. The number of aromatic nitrogens is 2. The fourth-order valence-corrected chi connectivity index (χ4v) is 1.94. The molecule has 0 saturated heterocycles. The van der Waals surface area contributed by atoms with Crippen LogP contribution in [0.2, 0.25) is 5.15 Å². The van der Waals surface area contributed by atoms with Crippen LogP contribution in [-0.4, -0.2) is 9.97 Å². The van der Waals surface area contributed by atoms with Crippen molar-refractivity contribution in [2.75, 3.05) is 0 Å². The van der Waals surface area contributed by atoms with Gasteiger partial charge >= 0.3 is 0 Å². The van der Waals surface area contributed by atoms with Crippen molar-refractivity contribution in [2.45, 2.75) is 13.3 Å². The third-order valence-corrected chi connectivity index (χ3v) is 3.37. The van der Waals surface area contributed by atoms with E-state index in [9.17, 15) is 8.78 Å². The van der Waals surface area contributed by atoms with Gasteiger partial charge in [0.05, 0.1) is 5.52 Å². The number of benzene rings is 1. The van der Waals surface area contributed by atoms with Crippen LogP contribution in [0.1, 0.15) is 17.8 Å². The van der Waals surface area contributed by atoms with E-state index < -0.39 is 12.2 Å². The van der Waals surface area contributed by atoms with Crippen LogP contribution in [0.15, 0.2) is 16.6 Å². The lowest BCUT2D eigenvalue weighted by Gasteiger charge is -2.07. The molecule has 2 nitrogen and oxygen atoms in total. The first-order chi connectivity index (χ1) is 7.50. The number of halogens is 4. The molecule has 0 spiro atoms. The molecule has 1 aromatic heterocycles. The monoisotopic (exact) mass is 306 g/mol.